The SMILES string of the molecule is CCN1c2cc(C(=O)Nc3cccc(F)c3)ccc2C(=O)N2CCCC21. The Bertz CT molecular complexity index is 883. The Balaban J connectivity index is 1.66. The van der Waals surface area contributed by atoms with Crippen LogP contribution in [-0.2, 0) is 0 Å². The number of benzene rings is 2. The number of amides is 2. The number of hydrogen-bond donors (Lipinski definition) is 1. The number of carbonyl (C=O) groups excluding carboxylic acids is 2. The molecule has 2 aromatic rings. The van der Waals surface area contributed by atoms with Crippen molar-refractivity contribution >= 4 is 23.2 Å². The molecular formula is C20H20FN3O2. The number of nitrogens with zero attached hydrogens (tertiary/aromatic N) is 2. The summed E-state index contributed by atoms with van der Waals surface area (Å²) in [6.45, 7) is 3.59. The molecule has 2 amide bonds. The first-order valence-electron chi connectivity index (χ1n) is 8.87. The molecule has 1 atom stereocenters. The Labute approximate surface area is 151 Å². The van der Waals surface area contributed by atoms with Gasteiger partial charge >= 0.3 is 0 Å². The number of anilines is 2. The van der Waals surface area contributed by atoms with Gasteiger partial charge in [-0.25, -0.2) is 4.39 Å². The van der Waals surface area contributed by atoms with E-state index in [1.807, 2.05) is 4.90 Å². The zero-order valence-corrected chi connectivity index (χ0v) is 14.5. The highest BCUT2D eigenvalue weighted by atomic mass is 19.1. The van der Waals surface area contributed by atoms with E-state index in [0.29, 0.717) is 16.8 Å². The summed E-state index contributed by atoms with van der Waals surface area (Å²) in [7, 11) is 0. The van der Waals surface area contributed by atoms with Crippen LogP contribution in [0.2, 0.25) is 0 Å². The fourth-order valence-corrected chi connectivity index (χ4v) is 3.87. The first-order valence-corrected chi connectivity index (χ1v) is 8.87. The van der Waals surface area contributed by atoms with Gasteiger partial charge in [-0.3, -0.25) is 9.59 Å². The zero-order valence-electron chi connectivity index (χ0n) is 14.5. The van der Waals surface area contributed by atoms with Gasteiger partial charge in [0.15, 0.2) is 0 Å². The van der Waals surface area contributed by atoms with Crippen LogP contribution in [0.15, 0.2) is 42.5 Å². The maximum absolute atomic E-state index is 13.3. The van der Waals surface area contributed by atoms with Crippen molar-refractivity contribution in [3.05, 3.63) is 59.4 Å². The summed E-state index contributed by atoms with van der Waals surface area (Å²) < 4.78 is 13.3. The number of nitrogens with one attached hydrogen (secondary N) is 1. The van der Waals surface area contributed by atoms with Crippen molar-refractivity contribution in [2.75, 3.05) is 23.3 Å². The minimum atomic E-state index is -0.405. The van der Waals surface area contributed by atoms with E-state index in [1.165, 1.54) is 12.1 Å². The molecule has 0 saturated carbocycles. The fraction of sp³-hybridized carbons (Fsp3) is 0.300. The Kier molecular flexibility index (Phi) is 4.11. The first-order chi connectivity index (χ1) is 12.6. The molecule has 2 aliphatic heterocycles. The molecule has 4 rings (SSSR count). The quantitative estimate of drug-likeness (QED) is 0.919. The van der Waals surface area contributed by atoms with Crippen molar-refractivity contribution in [2.24, 2.45) is 0 Å². The number of hydrogen-bond acceptors (Lipinski definition) is 3. The minimum absolute atomic E-state index is 0.0317. The number of rotatable bonds is 3. The highest BCUT2D eigenvalue weighted by molar-refractivity contribution is 6.08. The molecule has 0 spiro atoms. The number of fused-ring (bicyclic) bond motifs is 2. The van der Waals surface area contributed by atoms with Gasteiger partial charge in [-0.1, -0.05) is 6.07 Å². The number of carbonyl (C=O) groups is 2. The van der Waals surface area contributed by atoms with Crippen molar-refractivity contribution in [1.29, 1.82) is 0 Å². The molecule has 134 valence electrons. The van der Waals surface area contributed by atoms with Crippen LogP contribution in [0.5, 0.6) is 0 Å². The van der Waals surface area contributed by atoms with Gasteiger partial charge in [-0.2, -0.15) is 0 Å². The van der Waals surface area contributed by atoms with E-state index in [9.17, 15) is 14.0 Å². The van der Waals surface area contributed by atoms with Gasteiger partial charge in [-0.15, -0.1) is 0 Å². The van der Waals surface area contributed by atoms with Gasteiger partial charge in [0.05, 0.1) is 11.3 Å². The van der Waals surface area contributed by atoms with Gasteiger partial charge in [-0.05, 0) is 56.2 Å². The smallest absolute Gasteiger partial charge is 0.257 e. The monoisotopic (exact) mass is 353 g/mol. The third-order valence-electron chi connectivity index (χ3n) is 5.06. The summed E-state index contributed by atoms with van der Waals surface area (Å²) in [5, 5.41) is 2.70. The lowest BCUT2D eigenvalue weighted by molar-refractivity contribution is 0.0715. The molecule has 1 N–H and O–H groups in total. The van der Waals surface area contributed by atoms with Crippen LogP contribution in [0.1, 0.15) is 40.5 Å². The standard InChI is InChI=1S/C20H20FN3O2/c1-2-23-17-11-13(19(25)22-15-6-3-5-14(21)12-15)8-9-16(17)20(26)24-10-4-7-18(23)24/h3,5-6,8-9,11-12,18H,2,4,7,10H2,1H3,(H,22,25). The third-order valence-corrected chi connectivity index (χ3v) is 5.06. The second-order valence-corrected chi connectivity index (χ2v) is 6.60. The Hall–Kier alpha value is -2.89. The van der Waals surface area contributed by atoms with E-state index in [-0.39, 0.29) is 18.0 Å². The van der Waals surface area contributed by atoms with Crippen LogP contribution >= 0.6 is 0 Å². The third kappa shape index (κ3) is 2.71. The van der Waals surface area contributed by atoms with Gasteiger partial charge < -0.3 is 15.1 Å². The van der Waals surface area contributed by atoms with Gasteiger partial charge in [0.2, 0.25) is 0 Å². The molecule has 5 nitrogen and oxygen atoms in total. The van der Waals surface area contributed by atoms with Crippen LogP contribution in [0.25, 0.3) is 0 Å². The molecule has 0 aromatic heterocycles. The van der Waals surface area contributed by atoms with E-state index < -0.39 is 5.82 Å². The normalized spacial score (nSPS) is 18.5. The van der Waals surface area contributed by atoms with E-state index in [0.717, 1.165) is 31.6 Å². The minimum Gasteiger partial charge on any atom is -0.351 e. The van der Waals surface area contributed by atoms with Gasteiger partial charge in [0, 0.05) is 24.3 Å². The summed E-state index contributed by atoms with van der Waals surface area (Å²) in [5.74, 6) is -0.697. The summed E-state index contributed by atoms with van der Waals surface area (Å²) in [4.78, 5) is 29.4. The predicted molar refractivity (Wildman–Crippen MR) is 97.9 cm³/mol. The van der Waals surface area contributed by atoms with Crippen LogP contribution in [0.4, 0.5) is 15.8 Å². The topological polar surface area (TPSA) is 52.7 Å². The molecule has 2 heterocycles. The number of halogens is 1. The lowest BCUT2D eigenvalue weighted by Gasteiger charge is -2.41. The molecule has 6 heteroatoms. The maximum atomic E-state index is 13.3. The summed E-state index contributed by atoms with van der Waals surface area (Å²) in [6.07, 6.45) is 2.01. The zero-order chi connectivity index (χ0) is 18.3. The Morgan fingerprint density at radius 1 is 1.27 bits per heavy atom. The van der Waals surface area contributed by atoms with Crippen LogP contribution in [0, 0.1) is 5.82 Å². The molecule has 2 aromatic carbocycles. The Morgan fingerprint density at radius 3 is 2.88 bits per heavy atom. The molecule has 2 aliphatic rings. The molecule has 1 unspecified atom stereocenters. The molecule has 0 bridgehead atoms. The molecule has 0 aliphatic carbocycles. The van der Waals surface area contributed by atoms with Crippen LogP contribution in [-0.4, -0.2) is 36.0 Å². The second-order valence-electron chi connectivity index (χ2n) is 6.60. The van der Waals surface area contributed by atoms with Gasteiger partial charge in [0.25, 0.3) is 11.8 Å². The highest BCUT2D eigenvalue weighted by Crippen LogP contribution is 2.36. The van der Waals surface area contributed by atoms with Crippen molar-refractivity contribution < 1.29 is 14.0 Å². The summed E-state index contributed by atoms with van der Waals surface area (Å²) in [6, 6.07) is 10.9. The Morgan fingerprint density at radius 2 is 2.12 bits per heavy atom. The molecule has 26 heavy (non-hydrogen) atoms. The summed E-state index contributed by atoms with van der Waals surface area (Å²) >= 11 is 0. The average molecular weight is 353 g/mol. The first kappa shape index (κ1) is 16.6. The summed E-state index contributed by atoms with van der Waals surface area (Å²) in [5.41, 5.74) is 2.28. The second kappa shape index (κ2) is 6.44. The van der Waals surface area contributed by atoms with E-state index in [2.05, 4.69) is 17.1 Å². The molecule has 1 saturated heterocycles. The van der Waals surface area contributed by atoms with Crippen LogP contribution in [0.3, 0.4) is 0 Å². The molecule has 0 radical (unpaired) electrons. The van der Waals surface area contributed by atoms with Crippen LogP contribution < -0.4 is 10.2 Å². The fourth-order valence-electron chi connectivity index (χ4n) is 3.87. The van der Waals surface area contributed by atoms with Crippen molar-refractivity contribution in [3.8, 4) is 0 Å². The largest absolute Gasteiger partial charge is 0.351 e. The van der Waals surface area contributed by atoms with Crippen molar-refractivity contribution in [1.82, 2.24) is 4.90 Å². The maximum Gasteiger partial charge on any atom is 0.257 e. The molecule has 1 fully saturated rings. The van der Waals surface area contributed by atoms with E-state index >= 15 is 0 Å². The van der Waals surface area contributed by atoms with E-state index in [4.69, 9.17) is 0 Å². The van der Waals surface area contributed by atoms with E-state index in [1.54, 1.807) is 30.3 Å². The average Bonchev–Trinajstić information content (AvgIpc) is 3.11. The highest BCUT2D eigenvalue weighted by Gasteiger charge is 2.39. The van der Waals surface area contributed by atoms with Crippen molar-refractivity contribution in [2.45, 2.75) is 25.9 Å². The van der Waals surface area contributed by atoms with Crippen molar-refractivity contribution in [3.63, 3.8) is 0 Å². The van der Waals surface area contributed by atoms with Gasteiger partial charge in [0.1, 0.15) is 12.0 Å². The lowest BCUT2D eigenvalue weighted by atomic mass is 10.0. The predicted octanol–water partition coefficient (Wildman–Crippen LogP) is 3.48. The molecular weight excluding hydrogens is 333 g/mol. The lowest BCUT2D eigenvalue weighted by Crippen LogP contribution is -2.52.